The van der Waals surface area contributed by atoms with Crippen molar-refractivity contribution in [2.24, 2.45) is 0 Å². The summed E-state index contributed by atoms with van der Waals surface area (Å²) in [5.74, 6) is 0.0294. The first kappa shape index (κ1) is 15.8. The van der Waals surface area contributed by atoms with E-state index >= 15 is 0 Å². The molecule has 1 aliphatic rings. The van der Waals surface area contributed by atoms with E-state index in [4.69, 9.17) is 0 Å². The normalized spacial score (nSPS) is 16.6. The molecule has 3 amide bonds. The predicted molar refractivity (Wildman–Crippen MR) is 75.0 cm³/mol. The Bertz CT molecular complexity index is 310. The molecule has 1 fully saturated rings. The van der Waals surface area contributed by atoms with Crippen LogP contribution in [-0.2, 0) is 4.79 Å². The number of carbonyl (C=O) groups is 2. The predicted octanol–water partition coefficient (Wildman–Crippen LogP) is 0.247. The first-order valence-electron chi connectivity index (χ1n) is 6.89. The minimum absolute atomic E-state index is 0.0294. The summed E-state index contributed by atoms with van der Waals surface area (Å²) < 4.78 is 0. The summed E-state index contributed by atoms with van der Waals surface area (Å²) >= 11 is 0. The lowest BCUT2D eigenvalue weighted by molar-refractivity contribution is -0.120. The van der Waals surface area contributed by atoms with Crippen molar-refractivity contribution < 1.29 is 9.59 Å². The van der Waals surface area contributed by atoms with Crippen molar-refractivity contribution in [2.45, 2.75) is 38.8 Å². The zero-order valence-electron chi connectivity index (χ0n) is 12.4. The lowest BCUT2D eigenvalue weighted by Crippen LogP contribution is -2.49. The van der Waals surface area contributed by atoms with Crippen molar-refractivity contribution in [2.75, 3.05) is 33.7 Å². The molecule has 0 bridgehead atoms. The Balaban J connectivity index is 2.23. The third-order valence-electron chi connectivity index (χ3n) is 3.15. The molecule has 6 nitrogen and oxygen atoms in total. The molecule has 0 spiro atoms. The van der Waals surface area contributed by atoms with E-state index < -0.39 is 0 Å². The summed E-state index contributed by atoms with van der Waals surface area (Å²) in [6, 6.07) is 0.564. The fourth-order valence-electron chi connectivity index (χ4n) is 2.17. The summed E-state index contributed by atoms with van der Waals surface area (Å²) in [4.78, 5) is 26.7. The second-order valence-corrected chi connectivity index (χ2v) is 5.54. The van der Waals surface area contributed by atoms with Crippen molar-refractivity contribution in [3.8, 4) is 0 Å². The minimum atomic E-state index is 0.0294. The van der Waals surface area contributed by atoms with Crippen LogP contribution in [0.4, 0.5) is 4.79 Å². The lowest BCUT2D eigenvalue weighted by atomic mass is 10.1. The molecule has 110 valence electrons. The first-order chi connectivity index (χ1) is 8.90. The van der Waals surface area contributed by atoms with Gasteiger partial charge in [-0.15, -0.1) is 0 Å². The molecule has 1 aliphatic heterocycles. The summed E-state index contributed by atoms with van der Waals surface area (Å²) in [7, 11) is 3.53. The van der Waals surface area contributed by atoms with E-state index in [0.29, 0.717) is 12.6 Å². The third-order valence-corrected chi connectivity index (χ3v) is 3.15. The number of hydrogen-bond donors (Lipinski definition) is 2. The molecule has 0 aromatic carbocycles. The maximum absolute atomic E-state index is 11.8. The number of piperidine rings is 1. The Labute approximate surface area is 115 Å². The average molecular weight is 270 g/mol. The van der Waals surface area contributed by atoms with Gasteiger partial charge in [0.15, 0.2) is 0 Å². The molecular formula is C13H26N4O2. The zero-order valence-corrected chi connectivity index (χ0v) is 12.4. The molecular weight excluding hydrogens is 244 g/mol. The lowest BCUT2D eigenvalue weighted by Gasteiger charge is -2.34. The molecule has 1 heterocycles. The molecule has 19 heavy (non-hydrogen) atoms. The Morgan fingerprint density at radius 2 is 1.84 bits per heavy atom. The second-order valence-electron chi connectivity index (χ2n) is 5.54. The molecule has 0 radical (unpaired) electrons. The van der Waals surface area contributed by atoms with E-state index in [2.05, 4.69) is 10.6 Å². The minimum Gasteiger partial charge on any atom is -0.353 e. The molecule has 0 saturated carbocycles. The Hall–Kier alpha value is -1.30. The molecule has 0 atom stereocenters. The number of urea groups is 1. The van der Waals surface area contributed by atoms with Crippen LogP contribution in [-0.4, -0.2) is 67.6 Å². The van der Waals surface area contributed by atoms with Gasteiger partial charge in [0.25, 0.3) is 0 Å². The number of carbonyl (C=O) groups excluding carboxylic acids is 2. The Morgan fingerprint density at radius 3 is 2.32 bits per heavy atom. The maximum atomic E-state index is 11.8. The summed E-state index contributed by atoms with van der Waals surface area (Å²) in [6.45, 7) is 5.75. The van der Waals surface area contributed by atoms with Crippen molar-refractivity contribution in [3.05, 3.63) is 0 Å². The number of nitrogens with zero attached hydrogens (tertiary/aromatic N) is 2. The molecule has 2 N–H and O–H groups in total. The van der Waals surface area contributed by atoms with Gasteiger partial charge in [-0.3, -0.25) is 4.79 Å². The molecule has 1 rings (SSSR count). The highest BCUT2D eigenvalue weighted by molar-refractivity contribution is 5.78. The number of hydrogen-bond acceptors (Lipinski definition) is 3. The quantitative estimate of drug-likeness (QED) is 0.769. The van der Waals surface area contributed by atoms with E-state index in [-0.39, 0.29) is 18.0 Å². The van der Waals surface area contributed by atoms with E-state index in [0.717, 1.165) is 25.9 Å². The van der Waals surface area contributed by atoms with Crippen molar-refractivity contribution in [3.63, 3.8) is 0 Å². The van der Waals surface area contributed by atoms with Gasteiger partial charge >= 0.3 is 6.03 Å². The first-order valence-corrected chi connectivity index (χ1v) is 6.89. The third kappa shape index (κ3) is 5.46. The highest BCUT2D eigenvalue weighted by atomic mass is 16.2. The second kappa shape index (κ2) is 7.33. The van der Waals surface area contributed by atoms with Crippen molar-refractivity contribution in [1.82, 2.24) is 20.4 Å². The van der Waals surface area contributed by atoms with Crippen LogP contribution in [0, 0.1) is 0 Å². The molecule has 0 unspecified atom stereocenters. The smallest absolute Gasteiger partial charge is 0.319 e. The zero-order chi connectivity index (χ0) is 14.4. The van der Waals surface area contributed by atoms with Crippen LogP contribution in [0.25, 0.3) is 0 Å². The maximum Gasteiger partial charge on any atom is 0.319 e. The summed E-state index contributed by atoms with van der Waals surface area (Å²) in [5, 5.41) is 6.10. The van der Waals surface area contributed by atoms with Gasteiger partial charge in [-0.25, -0.2) is 4.79 Å². The molecule has 0 aromatic rings. The van der Waals surface area contributed by atoms with E-state index in [1.165, 1.54) is 0 Å². The molecule has 1 saturated heterocycles. The number of rotatable bonds is 4. The fraction of sp³-hybridized carbons (Fsp3) is 0.846. The van der Waals surface area contributed by atoms with Crippen LogP contribution in [0.5, 0.6) is 0 Å². The standard InChI is InChI=1S/C13H26N4O2/c1-10(2)15-12(18)9-14-11-5-7-17(8-6-11)13(19)16(3)4/h10-11,14H,5-9H2,1-4H3,(H,15,18). The Morgan fingerprint density at radius 1 is 1.26 bits per heavy atom. The fourth-order valence-corrected chi connectivity index (χ4v) is 2.17. The average Bonchev–Trinajstić information content (AvgIpc) is 2.35. The van der Waals surface area contributed by atoms with Crippen LogP contribution in [0.15, 0.2) is 0 Å². The summed E-state index contributed by atoms with van der Waals surface area (Å²) in [5.41, 5.74) is 0. The highest BCUT2D eigenvalue weighted by Gasteiger charge is 2.23. The van der Waals surface area contributed by atoms with E-state index in [9.17, 15) is 9.59 Å². The van der Waals surface area contributed by atoms with Crippen molar-refractivity contribution in [1.29, 1.82) is 0 Å². The van der Waals surface area contributed by atoms with Crippen LogP contribution in [0.3, 0.4) is 0 Å². The number of likely N-dealkylation sites (tertiary alicyclic amines) is 1. The molecule has 0 aromatic heterocycles. The van der Waals surface area contributed by atoms with Gasteiger partial charge in [0.2, 0.25) is 5.91 Å². The van der Waals surface area contributed by atoms with Gasteiger partial charge in [-0.1, -0.05) is 0 Å². The van der Waals surface area contributed by atoms with Crippen LogP contribution < -0.4 is 10.6 Å². The largest absolute Gasteiger partial charge is 0.353 e. The van der Waals surface area contributed by atoms with Gasteiger partial charge in [-0.05, 0) is 26.7 Å². The van der Waals surface area contributed by atoms with E-state index in [1.54, 1.807) is 19.0 Å². The van der Waals surface area contributed by atoms with Gasteiger partial charge in [-0.2, -0.15) is 0 Å². The van der Waals surface area contributed by atoms with Crippen LogP contribution in [0.1, 0.15) is 26.7 Å². The number of amides is 3. The summed E-state index contributed by atoms with van der Waals surface area (Å²) in [6.07, 6.45) is 1.79. The Kier molecular flexibility index (Phi) is 6.08. The highest BCUT2D eigenvalue weighted by Crippen LogP contribution is 2.11. The monoisotopic (exact) mass is 270 g/mol. The van der Waals surface area contributed by atoms with Gasteiger partial charge in [0, 0.05) is 39.3 Å². The van der Waals surface area contributed by atoms with Crippen LogP contribution in [0.2, 0.25) is 0 Å². The topological polar surface area (TPSA) is 64.7 Å². The molecule has 0 aliphatic carbocycles. The molecule has 6 heteroatoms. The van der Waals surface area contributed by atoms with Gasteiger partial charge in [0.05, 0.1) is 6.54 Å². The van der Waals surface area contributed by atoms with Gasteiger partial charge in [0.1, 0.15) is 0 Å². The van der Waals surface area contributed by atoms with Crippen molar-refractivity contribution >= 4 is 11.9 Å². The SMILES string of the molecule is CC(C)NC(=O)CNC1CCN(C(=O)N(C)C)CC1. The van der Waals surface area contributed by atoms with E-state index in [1.807, 2.05) is 18.7 Å². The van der Waals surface area contributed by atoms with Crippen LogP contribution >= 0.6 is 0 Å². The number of nitrogens with one attached hydrogen (secondary N) is 2. The van der Waals surface area contributed by atoms with Gasteiger partial charge < -0.3 is 20.4 Å².